The molecule has 1 aliphatic rings. The number of nitrogens with zero attached hydrogens (tertiary/aromatic N) is 3. The average Bonchev–Trinajstić information content (AvgIpc) is 3.39. The topological polar surface area (TPSA) is 77.7 Å². The standard InChI is InChI=1S/C19H17N5OS/c1-11-17-14(22-23-18(17)16-9-26-10-20-16)6-7-24(11)19(25)15-8-12-4-2-3-5-13(12)21-15/h2-5,8-11,21H,6-7H2,1H3,(H,22,23). The van der Waals surface area contributed by atoms with Crippen molar-refractivity contribution in [2.24, 2.45) is 0 Å². The van der Waals surface area contributed by atoms with Crippen molar-refractivity contribution in [2.75, 3.05) is 6.54 Å². The Hall–Kier alpha value is -2.93. The summed E-state index contributed by atoms with van der Waals surface area (Å²) in [6.07, 6.45) is 0.767. The number of rotatable bonds is 2. The molecule has 0 saturated heterocycles. The van der Waals surface area contributed by atoms with Gasteiger partial charge in [-0.1, -0.05) is 18.2 Å². The fraction of sp³-hybridized carbons (Fsp3) is 0.211. The fourth-order valence-electron chi connectivity index (χ4n) is 3.75. The number of nitrogens with one attached hydrogen (secondary N) is 2. The molecular formula is C19H17N5OS. The van der Waals surface area contributed by atoms with Gasteiger partial charge in [0.25, 0.3) is 5.91 Å². The lowest BCUT2D eigenvalue weighted by molar-refractivity contribution is 0.0672. The van der Waals surface area contributed by atoms with Gasteiger partial charge in [0.2, 0.25) is 0 Å². The number of carbonyl (C=O) groups excluding carboxylic acids is 1. The second-order valence-corrected chi connectivity index (χ2v) is 7.25. The molecule has 1 aliphatic heterocycles. The summed E-state index contributed by atoms with van der Waals surface area (Å²) in [5.74, 6) is 0.0183. The van der Waals surface area contributed by atoms with E-state index < -0.39 is 0 Å². The van der Waals surface area contributed by atoms with Crippen LogP contribution in [-0.2, 0) is 6.42 Å². The van der Waals surface area contributed by atoms with Gasteiger partial charge in [0.1, 0.15) is 17.1 Å². The summed E-state index contributed by atoms with van der Waals surface area (Å²) < 4.78 is 0. The van der Waals surface area contributed by atoms with Crippen molar-refractivity contribution in [1.82, 2.24) is 25.1 Å². The maximum absolute atomic E-state index is 13.2. The Bertz CT molecular complexity index is 1060. The second-order valence-electron chi connectivity index (χ2n) is 6.53. The molecule has 4 aromatic rings. The molecule has 7 heteroatoms. The first kappa shape index (κ1) is 15.3. The lowest BCUT2D eigenvalue weighted by atomic mass is 9.96. The van der Waals surface area contributed by atoms with Crippen LogP contribution in [0.5, 0.6) is 0 Å². The van der Waals surface area contributed by atoms with Crippen LogP contribution < -0.4 is 0 Å². The zero-order valence-electron chi connectivity index (χ0n) is 14.2. The maximum Gasteiger partial charge on any atom is 0.270 e. The molecule has 0 saturated carbocycles. The molecule has 5 rings (SSSR count). The van der Waals surface area contributed by atoms with Crippen LogP contribution in [0.3, 0.4) is 0 Å². The van der Waals surface area contributed by atoms with Crippen LogP contribution in [0.2, 0.25) is 0 Å². The number of thiazole rings is 1. The van der Waals surface area contributed by atoms with E-state index in [1.54, 1.807) is 16.8 Å². The molecule has 1 amide bonds. The molecule has 26 heavy (non-hydrogen) atoms. The number of benzene rings is 1. The maximum atomic E-state index is 13.2. The molecule has 0 fully saturated rings. The number of carbonyl (C=O) groups is 1. The first-order chi connectivity index (χ1) is 12.7. The summed E-state index contributed by atoms with van der Waals surface area (Å²) in [5.41, 5.74) is 7.29. The van der Waals surface area contributed by atoms with Crippen LogP contribution in [0.25, 0.3) is 22.3 Å². The van der Waals surface area contributed by atoms with Crippen molar-refractivity contribution in [2.45, 2.75) is 19.4 Å². The molecule has 0 spiro atoms. The summed E-state index contributed by atoms with van der Waals surface area (Å²) in [6.45, 7) is 2.73. The van der Waals surface area contributed by atoms with E-state index in [1.807, 2.05) is 40.6 Å². The number of fused-ring (bicyclic) bond motifs is 2. The Morgan fingerprint density at radius 1 is 1.35 bits per heavy atom. The van der Waals surface area contributed by atoms with Gasteiger partial charge < -0.3 is 9.88 Å². The third-order valence-electron chi connectivity index (χ3n) is 5.07. The zero-order valence-corrected chi connectivity index (χ0v) is 15.0. The van der Waals surface area contributed by atoms with Crippen LogP contribution in [0.15, 0.2) is 41.2 Å². The van der Waals surface area contributed by atoms with E-state index in [4.69, 9.17) is 0 Å². The van der Waals surface area contributed by atoms with Gasteiger partial charge in [0.05, 0.1) is 11.6 Å². The van der Waals surface area contributed by atoms with Crippen LogP contribution in [-0.4, -0.2) is 37.5 Å². The fourth-order valence-corrected chi connectivity index (χ4v) is 4.29. The first-order valence-corrected chi connectivity index (χ1v) is 9.51. The van der Waals surface area contributed by atoms with Crippen LogP contribution in [0.1, 0.15) is 34.7 Å². The van der Waals surface area contributed by atoms with E-state index >= 15 is 0 Å². The average molecular weight is 363 g/mol. The van der Waals surface area contributed by atoms with Crippen molar-refractivity contribution < 1.29 is 4.79 Å². The molecule has 3 aromatic heterocycles. The quantitative estimate of drug-likeness (QED) is 0.569. The number of para-hydroxylation sites is 1. The van der Waals surface area contributed by atoms with Gasteiger partial charge >= 0.3 is 0 Å². The third-order valence-corrected chi connectivity index (χ3v) is 5.65. The van der Waals surface area contributed by atoms with Gasteiger partial charge in [0.15, 0.2) is 0 Å². The highest BCUT2D eigenvalue weighted by Crippen LogP contribution is 2.36. The summed E-state index contributed by atoms with van der Waals surface area (Å²) in [5, 5.41) is 10.6. The number of H-pyrrole nitrogens is 2. The minimum atomic E-state index is -0.0619. The highest BCUT2D eigenvalue weighted by atomic mass is 32.1. The van der Waals surface area contributed by atoms with E-state index in [9.17, 15) is 4.79 Å². The van der Waals surface area contributed by atoms with Crippen molar-refractivity contribution in [3.05, 3.63) is 58.2 Å². The highest BCUT2D eigenvalue weighted by molar-refractivity contribution is 7.07. The highest BCUT2D eigenvalue weighted by Gasteiger charge is 2.33. The van der Waals surface area contributed by atoms with Gasteiger partial charge in [-0.25, -0.2) is 4.98 Å². The molecule has 0 radical (unpaired) electrons. The molecule has 0 aliphatic carbocycles. The predicted molar refractivity (Wildman–Crippen MR) is 101 cm³/mol. The van der Waals surface area contributed by atoms with Crippen molar-refractivity contribution in [1.29, 1.82) is 0 Å². The van der Waals surface area contributed by atoms with Gasteiger partial charge in [-0.3, -0.25) is 9.89 Å². The molecule has 1 atom stereocenters. The Kier molecular flexibility index (Phi) is 3.43. The van der Waals surface area contributed by atoms with Gasteiger partial charge in [-0.15, -0.1) is 11.3 Å². The molecule has 130 valence electrons. The Morgan fingerprint density at radius 2 is 2.23 bits per heavy atom. The van der Waals surface area contributed by atoms with Crippen LogP contribution >= 0.6 is 11.3 Å². The van der Waals surface area contributed by atoms with Gasteiger partial charge in [-0.05, 0) is 19.1 Å². The minimum absolute atomic E-state index is 0.0183. The monoisotopic (exact) mass is 363 g/mol. The number of hydrogen-bond acceptors (Lipinski definition) is 4. The van der Waals surface area contributed by atoms with Crippen LogP contribution in [0, 0.1) is 0 Å². The lowest BCUT2D eigenvalue weighted by Gasteiger charge is -2.33. The molecule has 4 heterocycles. The minimum Gasteiger partial charge on any atom is -0.351 e. The van der Waals surface area contributed by atoms with Crippen molar-refractivity contribution in [3.63, 3.8) is 0 Å². The summed E-state index contributed by atoms with van der Waals surface area (Å²) in [7, 11) is 0. The summed E-state index contributed by atoms with van der Waals surface area (Å²) >= 11 is 1.55. The van der Waals surface area contributed by atoms with E-state index in [-0.39, 0.29) is 11.9 Å². The number of amides is 1. The SMILES string of the molecule is CC1c2c(-c3cscn3)n[nH]c2CCN1C(=O)c1cc2ccccc2[nH]1. The molecular weight excluding hydrogens is 346 g/mol. The molecule has 6 nitrogen and oxygen atoms in total. The molecule has 1 unspecified atom stereocenters. The summed E-state index contributed by atoms with van der Waals surface area (Å²) in [6, 6.07) is 9.81. The summed E-state index contributed by atoms with van der Waals surface area (Å²) in [4.78, 5) is 22.7. The lowest BCUT2D eigenvalue weighted by Crippen LogP contribution is -2.39. The van der Waals surface area contributed by atoms with E-state index in [0.717, 1.165) is 40.0 Å². The molecule has 2 N–H and O–H groups in total. The van der Waals surface area contributed by atoms with Crippen molar-refractivity contribution in [3.8, 4) is 11.4 Å². The normalized spacial score (nSPS) is 16.8. The van der Waals surface area contributed by atoms with Gasteiger partial charge in [0, 0.05) is 40.5 Å². The third kappa shape index (κ3) is 2.28. The largest absolute Gasteiger partial charge is 0.351 e. The van der Waals surface area contributed by atoms with E-state index in [0.29, 0.717) is 12.2 Å². The Morgan fingerprint density at radius 3 is 3.04 bits per heavy atom. The Balaban J connectivity index is 1.52. The smallest absolute Gasteiger partial charge is 0.270 e. The van der Waals surface area contributed by atoms with Gasteiger partial charge in [-0.2, -0.15) is 5.10 Å². The first-order valence-electron chi connectivity index (χ1n) is 8.57. The van der Waals surface area contributed by atoms with E-state index in [2.05, 4.69) is 27.1 Å². The van der Waals surface area contributed by atoms with Crippen molar-refractivity contribution >= 4 is 28.1 Å². The second kappa shape index (κ2) is 5.81. The molecule has 1 aromatic carbocycles. The predicted octanol–water partition coefficient (Wildman–Crippen LogP) is 3.77. The zero-order chi connectivity index (χ0) is 17.7. The number of aromatic amines is 2. The number of hydrogen-bond donors (Lipinski definition) is 2. The number of aromatic nitrogens is 4. The van der Waals surface area contributed by atoms with Crippen LogP contribution in [0.4, 0.5) is 0 Å². The molecule has 0 bridgehead atoms. The Labute approximate surface area is 153 Å². The van der Waals surface area contributed by atoms with E-state index in [1.165, 1.54) is 0 Å².